The fourth-order valence-electron chi connectivity index (χ4n) is 0. The Morgan fingerprint density at radius 2 is 0.700 bits per heavy atom. The van der Waals surface area contributed by atoms with Crippen LogP contribution in [0.3, 0.4) is 0 Å². The highest BCUT2D eigenvalue weighted by Gasteiger charge is 1.04. The zero-order valence-electron chi connectivity index (χ0n) is 4.93. The maximum atomic E-state index is 8.35. The summed E-state index contributed by atoms with van der Waals surface area (Å²) in [6.45, 7) is 0. The van der Waals surface area contributed by atoms with Gasteiger partial charge in [-0.2, -0.15) is 0 Å². The Kier molecular flexibility index (Phi) is 530. The summed E-state index contributed by atoms with van der Waals surface area (Å²) >= 11 is 0. The molecule has 0 aliphatic carbocycles. The summed E-state index contributed by atoms with van der Waals surface area (Å²) in [4.78, 5) is 25.0. The van der Waals surface area contributed by atoms with E-state index >= 15 is 0 Å². The number of isocyanates is 3. The molecule has 0 radical (unpaired) electrons. The van der Waals surface area contributed by atoms with Crippen molar-refractivity contribution in [2.75, 3.05) is 0 Å². The van der Waals surface area contributed by atoms with Gasteiger partial charge < -0.3 is 6.15 Å². The molecular formula is C3H6N4O3. The maximum Gasteiger partial charge on any atom is 0.231 e. The predicted octanol–water partition coefficient (Wildman–Crippen LogP) is -0.135. The first kappa shape index (κ1) is 24.3. The van der Waals surface area contributed by atoms with E-state index in [-0.39, 0.29) is 6.15 Å². The third-order valence-corrected chi connectivity index (χ3v) is 0. The van der Waals surface area contributed by atoms with Gasteiger partial charge in [-0.15, -0.1) is 0 Å². The van der Waals surface area contributed by atoms with Crippen LogP contribution in [0.2, 0.25) is 0 Å². The van der Waals surface area contributed by atoms with Crippen molar-refractivity contribution in [2.24, 2.45) is 0 Å². The summed E-state index contributed by atoms with van der Waals surface area (Å²) in [5.41, 5.74) is 0. The van der Waals surface area contributed by atoms with Crippen molar-refractivity contribution in [1.29, 1.82) is 16.2 Å². The molecule has 0 atom stereocenters. The smallest absolute Gasteiger partial charge is 0.231 e. The van der Waals surface area contributed by atoms with Crippen molar-refractivity contribution in [3.8, 4) is 0 Å². The van der Waals surface area contributed by atoms with E-state index in [1.54, 1.807) is 0 Å². The lowest BCUT2D eigenvalue weighted by Gasteiger charge is -1.02. The van der Waals surface area contributed by atoms with E-state index in [1.807, 2.05) is 0 Å². The van der Waals surface area contributed by atoms with E-state index in [1.165, 1.54) is 0 Å². The molecule has 0 unspecified atom stereocenters. The minimum Gasteiger partial charge on any atom is -0.344 e. The Labute approximate surface area is 56.2 Å². The second-order valence-corrected chi connectivity index (χ2v) is 0.306. The molecule has 0 aromatic heterocycles. The van der Waals surface area contributed by atoms with Crippen LogP contribution >= 0.6 is 0 Å². The molecule has 7 nitrogen and oxygen atoms in total. The highest BCUT2D eigenvalue weighted by atomic mass is 16.1. The molecule has 0 saturated carbocycles. The van der Waals surface area contributed by atoms with Crippen molar-refractivity contribution in [3.05, 3.63) is 0 Å². The molecular weight excluding hydrogens is 140 g/mol. The van der Waals surface area contributed by atoms with Crippen LogP contribution in [0.5, 0.6) is 0 Å². The van der Waals surface area contributed by atoms with Crippen molar-refractivity contribution >= 4 is 18.2 Å². The monoisotopic (exact) mass is 146 g/mol. The number of nitrogens with one attached hydrogen (secondary N) is 3. The number of carbonyl (C=O) groups excluding carboxylic acids is 3. The fourth-order valence-corrected chi connectivity index (χ4v) is 0. The molecule has 7 heteroatoms. The van der Waals surface area contributed by atoms with E-state index in [0.717, 1.165) is 18.2 Å². The maximum absolute atomic E-state index is 8.35. The number of hydrogen-bond donors (Lipinski definition) is 4. The molecule has 10 heavy (non-hydrogen) atoms. The molecule has 0 spiro atoms. The molecule has 0 fully saturated rings. The average molecular weight is 146 g/mol. The Hall–Kier alpha value is -1.90. The van der Waals surface area contributed by atoms with Gasteiger partial charge in [0.2, 0.25) is 18.2 Å². The van der Waals surface area contributed by atoms with Gasteiger partial charge in [-0.05, 0) is 0 Å². The second kappa shape index (κ2) is 218. The third-order valence-electron chi connectivity index (χ3n) is 0. The number of hydrogen-bond acceptors (Lipinski definition) is 7. The van der Waals surface area contributed by atoms with Gasteiger partial charge in [-0.1, -0.05) is 0 Å². The van der Waals surface area contributed by atoms with Gasteiger partial charge in [0.05, 0.1) is 0 Å². The van der Waals surface area contributed by atoms with Crippen molar-refractivity contribution < 1.29 is 14.4 Å². The SMILES string of the molecule is N.N=C=O.N=C=O.N=C=O. The standard InChI is InChI=1S/3CHNO.H3N/c3*2-1-3;/h3*2H;1H3. The molecule has 6 N–H and O–H groups in total. The lowest BCUT2D eigenvalue weighted by Crippen LogP contribution is -1.16. The van der Waals surface area contributed by atoms with Crippen LogP contribution in [0, 0.1) is 16.2 Å². The Morgan fingerprint density at radius 1 is 0.700 bits per heavy atom. The van der Waals surface area contributed by atoms with Gasteiger partial charge in [0.1, 0.15) is 0 Å². The van der Waals surface area contributed by atoms with Crippen LogP contribution in [0.1, 0.15) is 0 Å². The summed E-state index contributed by atoms with van der Waals surface area (Å²) < 4.78 is 0. The van der Waals surface area contributed by atoms with Gasteiger partial charge in [0, 0.05) is 0 Å². The predicted molar refractivity (Wildman–Crippen MR) is 30.3 cm³/mol. The molecule has 0 aromatic carbocycles. The minimum atomic E-state index is 0. The molecule has 0 amide bonds. The van der Waals surface area contributed by atoms with Gasteiger partial charge in [0.25, 0.3) is 0 Å². The molecule has 0 aromatic rings. The molecule has 0 aliphatic rings. The quantitative estimate of drug-likeness (QED) is 0.277. The van der Waals surface area contributed by atoms with Crippen LogP contribution in [0.25, 0.3) is 0 Å². The minimum absolute atomic E-state index is 0. The molecule has 0 rings (SSSR count). The van der Waals surface area contributed by atoms with Crippen LogP contribution in [0.15, 0.2) is 0 Å². The molecule has 0 bridgehead atoms. The Bertz CT molecular complexity index is 107. The second-order valence-electron chi connectivity index (χ2n) is 0.306. The normalized spacial score (nSPS) is 2.40. The number of rotatable bonds is 0. The molecule has 0 saturated heterocycles. The van der Waals surface area contributed by atoms with Crippen LogP contribution in [-0.2, 0) is 14.4 Å². The first-order valence-corrected chi connectivity index (χ1v) is 1.36. The zero-order chi connectivity index (χ0) is 8.12. The highest BCUT2D eigenvalue weighted by Crippen LogP contribution is 0.874. The van der Waals surface area contributed by atoms with E-state index in [2.05, 4.69) is 0 Å². The summed E-state index contributed by atoms with van der Waals surface area (Å²) in [5, 5.41) is 16.2. The van der Waals surface area contributed by atoms with Crippen LogP contribution in [0.4, 0.5) is 0 Å². The third kappa shape index (κ3) is 44.0. The lowest BCUT2D eigenvalue weighted by molar-refractivity contribution is 0.562. The lowest BCUT2D eigenvalue weighted by atomic mass is 11.7. The summed E-state index contributed by atoms with van der Waals surface area (Å²) in [6, 6.07) is 0. The van der Waals surface area contributed by atoms with E-state index < -0.39 is 0 Å². The zero-order valence-corrected chi connectivity index (χ0v) is 4.93. The van der Waals surface area contributed by atoms with E-state index in [4.69, 9.17) is 30.6 Å². The van der Waals surface area contributed by atoms with Crippen molar-refractivity contribution in [3.63, 3.8) is 0 Å². The fraction of sp³-hybridized carbons (Fsp3) is 0. The highest BCUT2D eigenvalue weighted by molar-refractivity contribution is 5.26. The van der Waals surface area contributed by atoms with Gasteiger partial charge in [0.15, 0.2) is 0 Å². The van der Waals surface area contributed by atoms with E-state index in [9.17, 15) is 0 Å². The molecule has 0 heterocycles. The van der Waals surface area contributed by atoms with Crippen molar-refractivity contribution in [1.82, 2.24) is 6.15 Å². The topological polar surface area (TPSA) is 158 Å². The van der Waals surface area contributed by atoms with Crippen LogP contribution < -0.4 is 6.15 Å². The molecule has 56 valence electrons. The summed E-state index contributed by atoms with van der Waals surface area (Å²) in [6.07, 6.45) is 2.25. The van der Waals surface area contributed by atoms with Crippen LogP contribution in [-0.4, -0.2) is 18.2 Å². The Morgan fingerprint density at radius 3 is 0.700 bits per heavy atom. The van der Waals surface area contributed by atoms with Gasteiger partial charge in [-0.25, -0.2) is 30.6 Å². The van der Waals surface area contributed by atoms with E-state index in [0.29, 0.717) is 0 Å². The largest absolute Gasteiger partial charge is 0.344 e. The Balaban J connectivity index is -0.0000000257. The summed E-state index contributed by atoms with van der Waals surface area (Å²) in [5.74, 6) is 0. The summed E-state index contributed by atoms with van der Waals surface area (Å²) in [7, 11) is 0. The van der Waals surface area contributed by atoms with Crippen molar-refractivity contribution in [2.45, 2.75) is 0 Å². The molecule has 0 aliphatic heterocycles. The first-order chi connectivity index (χ1) is 4.24. The average Bonchev–Trinajstić information content (AvgIpc) is 1.70. The van der Waals surface area contributed by atoms with Gasteiger partial charge >= 0.3 is 0 Å². The first-order valence-electron chi connectivity index (χ1n) is 1.36. The van der Waals surface area contributed by atoms with Gasteiger partial charge in [-0.3, -0.25) is 0 Å².